The zero-order valence-corrected chi connectivity index (χ0v) is 19.4. The Morgan fingerprint density at radius 1 is 1.03 bits per heavy atom. The molecule has 4 heterocycles. The van der Waals surface area contributed by atoms with Gasteiger partial charge in [0.15, 0.2) is 5.82 Å². The topological polar surface area (TPSA) is 32.3 Å². The lowest BCUT2D eigenvalue weighted by Gasteiger charge is -2.48. The van der Waals surface area contributed by atoms with Crippen LogP contribution in [0.1, 0.15) is 53.5 Å². The molecule has 6 heteroatoms. The number of hydrogen-bond donors (Lipinski definition) is 0. The van der Waals surface area contributed by atoms with Gasteiger partial charge in [-0.25, -0.2) is 14.4 Å². The van der Waals surface area contributed by atoms with Crippen molar-refractivity contribution in [1.82, 2.24) is 9.97 Å². The smallest absolute Gasteiger partial charge is 0.162 e. The first-order chi connectivity index (χ1) is 14.7. The van der Waals surface area contributed by atoms with E-state index in [-0.39, 0.29) is 12.1 Å². The summed E-state index contributed by atoms with van der Waals surface area (Å²) in [6.07, 6.45) is 3.68. The molecule has 3 atom stereocenters. The summed E-state index contributed by atoms with van der Waals surface area (Å²) in [7, 11) is 0. The van der Waals surface area contributed by atoms with Crippen LogP contribution in [0.2, 0.25) is 0 Å². The third kappa shape index (κ3) is 3.18. The Bertz CT molecular complexity index is 961. The Morgan fingerprint density at radius 2 is 1.77 bits per heavy atom. The van der Waals surface area contributed by atoms with E-state index in [4.69, 9.17) is 0 Å². The van der Waals surface area contributed by atoms with Crippen molar-refractivity contribution in [3.05, 3.63) is 59.9 Å². The number of anilines is 4. The molecule has 0 saturated carbocycles. The van der Waals surface area contributed by atoms with Crippen LogP contribution in [0.5, 0.6) is 0 Å². The number of rotatable bonds is 2. The highest BCUT2D eigenvalue weighted by molar-refractivity contribution is 7.14. The molecule has 2 aliphatic rings. The van der Waals surface area contributed by atoms with Gasteiger partial charge in [-0.15, -0.1) is 11.3 Å². The maximum atomic E-state index is 16.3. The van der Waals surface area contributed by atoms with E-state index in [1.807, 2.05) is 83.5 Å². The van der Waals surface area contributed by atoms with Crippen molar-refractivity contribution < 1.29 is 4.39 Å². The quantitative estimate of drug-likeness (QED) is 0.426. The number of halogens is 1. The Hall–Kier alpha value is -2.47. The summed E-state index contributed by atoms with van der Waals surface area (Å²) in [5.41, 5.74) is 1.20. The van der Waals surface area contributed by atoms with Gasteiger partial charge in [-0.1, -0.05) is 59.7 Å². The van der Waals surface area contributed by atoms with Crippen molar-refractivity contribution in [1.29, 1.82) is 0 Å². The molecule has 0 saturated heterocycles. The molecule has 0 fully saturated rings. The van der Waals surface area contributed by atoms with Gasteiger partial charge in [0.2, 0.25) is 0 Å². The Balaban J connectivity index is 0.000000606. The minimum Gasteiger partial charge on any atom is -0.307 e. The second-order valence-electron chi connectivity index (χ2n) is 6.86. The van der Waals surface area contributed by atoms with Crippen LogP contribution in [0.3, 0.4) is 0 Å². The van der Waals surface area contributed by atoms with Crippen LogP contribution in [-0.4, -0.2) is 16.1 Å². The Labute approximate surface area is 183 Å². The first kappa shape index (κ1) is 22.2. The molecule has 5 rings (SSSR count). The average Bonchev–Trinajstić information content (AvgIpc) is 3.46. The number of alkyl halides is 1. The van der Waals surface area contributed by atoms with Gasteiger partial charge in [0, 0.05) is 11.5 Å². The lowest BCUT2D eigenvalue weighted by Crippen LogP contribution is -2.53. The number of para-hydroxylation sites is 1. The number of benzene rings is 1. The van der Waals surface area contributed by atoms with Crippen LogP contribution in [0.15, 0.2) is 54.3 Å². The predicted octanol–water partition coefficient (Wildman–Crippen LogP) is 7.43. The standard InChI is InChI=1S/C20H19FN4S.2C2H6/c1-3-20(21)13(2)19-24(17-9-6-10-26-17)16-11-22-12-23-18(16)25(19)15-8-5-4-7-14(15)20;2*1-2/h4-13,19H,3H2,1-2H3;2*1-2H3. The molecule has 2 aromatic heterocycles. The molecule has 160 valence electrons. The molecule has 2 aliphatic heterocycles. The van der Waals surface area contributed by atoms with Crippen molar-refractivity contribution in [3.8, 4) is 0 Å². The van der Waals surface area contributed by atoms with Crippen LogP contribution in [-0.2, 0) is 5.67 Å². The van der Waals surface area contributed by atoms with E-state index in [0.717, 1.165) is 27.8 Å². The van der Waals surface area contributed by atoms with Crippen LogP contribution in [0.25, 0.3) is 0 Å². The zero-order chi connectivity index (χ0) is 21.9. The molecule has 3 aromatic rings. The van der Waals surface area contributed by atoms with Gasteiger partial charge >= 0.3 is 0 Å². The predicted molar refractivity (Wildman–Crippen MR) is 126 cm³/mol. The van der Waals surface area contributed by atoms with Crippen LogP contribution in [0, 0.1) is 5.92 Å². The van der Waals surface area contributed by atoms with E-state index < -0.39 is 5.67 Å². The first-order valence-electron chi connectivity index (χ1n) is 10.9. The molecule has 0 N–H and O–H groups in total. The van der Waals surface area contributed by atoms with Crippen molar-refractivity contribution in [2.75, 3.05) is 9.80 Å². The van der Waals surface area contributed by atoms with Gasteiger partial charge in [-0.05, 0) is 30.0 Å². The fourth-order valence-electron chi connectivity index (χ4n) is 4.44. The fraction of sp³-hybridized carbons (Fsp3) is 0.417. The maximum absolute atomic E-state index is 16.3. The van der Waals surface area contributed by atoms with Gasteiger partial charge in [-0.3, -0.25) is 0 Å². The fourth-order valence-corrected chi connectivity index (χ4v) is 5.22. The summed E-state index contributed by atoms with van der Waals surface area (Å²) in [5, 5.41) is 3.13. The van der Waals surface area contributed by atoms with Gasteiger partial charge in [0.05, 0.1) is 16.9 Å². The first-order valence-corrected chi connectivity index (χ1v) is 11.7. The summed E-state index contributed by atoms with van der Waals surface area (Å²) < 4.78 is 16.3. The highest BCUT2D eigenvalue weighted by Crippen LogP contribution is 2.58. The minimum absolute atomic E-state index is 0.166. The maximum Gasteiger partial charge on any atom is 0.162 e. The molecule has 30 heavy (non-hydrogen) atoms. The third-order valence-electron chi connectivity index (χ3n) is 5.73. The second-order valence-corrected chi connectivity index (χ2v) is 7.78. The molecule has 0 spiro atoms. The molecule has 0 amide bonds. The highest BCUT2D eigenvalue weighted by atomic mass is 32.1. The van der Waals surface area contributed by atoms with E-state index in [1.54, 1.807) is 17.7 Å². The van der Waals surface area contributed by atoms with Gasteiger partial charge in [0.1, 0.15) is 23.8 Å². The number of hydrogen-bond acceptors (Lipinski definition) is 5. The number of nitrogens with zero attached hydrogens (tertiary/aromatic N) is 4. The van der Waals surface area contributed by atoms with Crippen LogP contribution < -0.4 is 9.80 Å². The molecular weight excluding hydrogens is 395 g/mol. The van der Waals surface area contributed by atoms with E-state index in [2.05, 4.69) is 25.8 Å². The number of thiophene rings is 1. The second kappa shape index (κ2) is 9.13. The van der Waals surface area contributed by atoms with Crippen LogP contribution >= 0.6 is 11.3 Å². The molecule has 0 radical (unpaired) electrons. The Kier molecular flexibility index (Phi) is 6.76. The molecule has 0 aliphatic carbocycles. The SMILES string of the molecule is CC.CC.CCC1(F)c2ccccc2N2c3ncncc3N(c3cccs3)C2C1C. The monoisotopic (exact) mass is 426 g/mol. The lowest BCUT2D eigenvalue weighted by atomic mass is 9.76. The van der Waals surface area contributed by atoms with E-state index in [1.165, 1.54) is 0 Å². The minimum atomic E-state index is -1.39. The molecule has 3 unspecified atom stereocenters. The number of fused-ring (bicyclic) bond motifs is 5. The van der Waals surface area contributed by atoms with E-state index >= 15 is 4.39 Å². The van der Waals surface area contributed by atoms with Gasteiger partial charge in [-0.2, -0.15) is 0 Å². The van der Waals surface area contributed by atoms with Gasteiger partial charge in [0.25, 0.3) is 0 Å². The summed E-state index contributed by atoms with van der Waals surface area (Å²) in [5.74, 6) is 0.606. The molecular formula is C24H31FN4S. The molecule has 0 bridgehead atoms. The van der Waals surface area contributed by atoms with Crippen molar-refractivity contribution in [3.63, 3.8) is 0 Å². The lowest BCUT2D eigenvalue weighted by molar-refractivity contribution is 0.0621. The van der Waals surface area contributed by atoms with Crippen molar-refractivity contribution in [2.45, 2.75) is 59.8 Å². The summed E-state index contributed by atoms with van der Waals surface area (Å²) in [4.78, 5) is 13.2. The molecule has 4 nitrogen and oxygen atoms in total. The highest BCUT2D eigenvalue weighted by Gasteiger charge is 2.55. The molecule has 1 aromatic carbocycles. The van der Waals surface area contributed by atoms with Crippen molar-refractivity contribution >= 4 is 33.5 Å². The Morgan fingerprint density at radius 3 is 2.43 bits per heavy atom. The van der Waals surface area contributed by atoms with E-state index in [0.29, 0.717) is 6.42 Å². The third-order valence-corrected chi connectivity index (χ3v) is 6.60. The number of aromatic nitrogens is 2. The zero-order valence-electron chi connectivity index (χ0n) is 18.6. The largest absolute Gasteiger partial charge is 0.307 e. The summed E-state index contributed by atoms with van der Waals surface area (Å²) in [6, 6.07) is 11.9. The van der Waals surface area contributed by atoms with Gasteiger partial charge < -0.3 is 9.80 Å². The summed E-state index contributed by atoms with van der Waals surface area (Å²) >= 11 is 1.65. The average molecular weight is 427 g/mol. The van der Waals surface area contributed by atoms with Crippen molar-refractivity contribution in [2.24, 2.45) is 5.92 Å². The summed E-state index contributed by atoms with van der Waals surface area (Å²) in [6.45, 7) is 11.9. The van der Waals surface area contributed by atoms with E-state index in [9.17, 15) is 0 Å². The van der Waals surface area contributed by atoms with Crippen LogP contribution in [0.4, 0.5) is 26.6 Å². The normalized spacial score (nSPS) is 23.3.